The normalized spacial score (nSPS) is 11.2. The van der Waals surface area contributed by atoms with E-state index in [1.165, 1.54) is 39.3 Å². The van der Waals surface area contributed by atoms with Crippen molar-refractivity contribution in [1.82, 2.24) is 5.16 Å². The molecule has 9 nitrogen and oxygen atoms in total. The fraction of sp³-hybridized carbons (Fsp3) is 0.273. The number of halogens is 1. The second kappa shape index (κ2) is 9.72. The summed E-state index contributed by atoms with van der Waals surface area (Å²) < 4.78 is 45.0. The largest absolute Gasteiger partial charge is 0.497 e. The highest BCUT2D eigenvalue weighted by atomic mass is 35.5. The maximum atomic E-state index is 13.4. The summed E-state index contributed by atoms with van der Waals surface area (Å²) in [5.74, 6) is 0.442. The van der Waals surface area contributed by atoms with Gasteiger partial charge >= 0.3 is 0 Å². The molecule has 1 amide bonds. The molecule has 0 bridgehead atoms. The van der Waals surface area contributed by atoms with Gasteiger partial charge in [-0.3, -0.25) is 14.8 Å². The molecule has 0 saturated carbocycles. The molecule has 1 heterocycles. The number of methoxy groups -OCH3 is 2. The van der Waals surface area contributed by atoms with E-state index in [2.05, 4.69) is 15.2 Å². The molecule has 1 aromatic heterocycles. The van der Waals surface area contributed by atoms with E-state index >= 15 is 0 Å². The number of sulfonamides is 1. The quantitative estimate of drug-likeness (QED) is 0.469. The number of hydrogen-bond acceptors (Lipinski definition) is 7. The third-order valence-corrected chi connectivity index (χ3v) is 6.66. The van der Waals surface area contributed by atoms with E-state index in [0.29, 0.717) is 34.6 Å². The maximum absolute atomic E-state index is 13.4. The second-order valence-electron chi connectivity index (χ2n) is 7.14. The van der Waals surface area contributed by atoms with Crippen LogP contribution in [0.3, 0.4) is 0 Å². The van der Waals surface area contributed by atoms with Gasteiger partial charge in [-0.25, -0.2) is 8.42 Å². The minimum Gasteiger partial charge on any atom is -0.497 e. The van der Waals surface area contributed by atoms with Crippen LogP contribution in [-0.2, 0) is 21.2 Å². The summed E-state index contributed by atoms with van der Waals surface area (Å²) in [5.41, 5.74) is 2.21. The molecule has 33 heavy (non-hydrogen) atoms. The predicted octanol–water partition coefficient (Wildman–Crippen LogP) is 4.64. The van der Waals surface area contributed by atoms with E-state index < -0.39 is 10.0 Å². The third kappa shape index (κ3) is 5.07. The zero-order valence-electron chi connectivity index (χ0n) is 18.8. The summed E-state index contributed by atoms with van der Waals surface area (Å²) in [4.78, 5) is 11.6. The summed E-state index contributed by atoms with van der Waals surface area (Å²) in [6.45, 7) is 4.90. The van der Waals surface area contributed by atoms with Gasteiger partial charge in [0.15, 0.2) is 0 Å². The monoisotopic (exact) mass is 493 g/mol. The Morgan fingerprint density at radius 2 is 1.91 bits per heavy atom. The molecule has 0 spiro atoms. The SMILES string of the molecule is CCc1noc(NC(C)=O)c1-c1ccc(C)c(S(=O)(=O)Nc2c(Cl)cc(OC)cc2OC)c1. The molecule has 0 atom stereocenters. The lowest BCUT2D eigenvalue weighted by molar-refractivity contribution is -0.114. The Morgan fingerprint density at radius 3 is 2.52 bits per heavy atom. The molecule has 0 aliphatic rings. The molecule has 2 aromatic carbocycles. The lowest BCUT2D eigenvalue weighted by Crippen LogP contribution is -2.15. The number of amides is 1. The minimum atomic E-state index is -4.08. The summed E-state index contributed by atoms with van der Waals surface area (Å²) in [6.07, 6.45) is 0.519. The molecule has 3 aromatic rings. The van der Waals surface area contributed by atoms with E-state index in [4.69, 9.17) is 25.6 Å². The highest BCUT2D eigenvalue weighted by molar-refractivity contribution is 7.92. The number of rotatable bonds is 8. The molecular formula is C22H24ClN3O6S. The van der Waals surface area contributed by atoms with E-state index in [-0.39, 0.29) is 33.1 Å². The number of aromatic nitrogens is 1. The molecule has 0 aliphatic heterocycles. The van der Waals surface area contributed by atoms with Gasteiger partial charge in [0, 0.05) is 19.1 Å². The van der Waals surface area contributed by atoms with Crippen LogP contribution in [0.4, 0.5) is 11.6 Å². The van der Waals surface area contributed by atoms with Gasteiger partial charge in [0.05, 0.1) is 35.4 Å². The van der Waals surface area contributed by atoms with Crippen molar-refractivity contribution in [3.8, 4) is 22.6 Å². The zero-order valence-corrected chi connectivity index (χ0v) is 20.3. The zero-order chi connectivity index (χ0) is 24.3. The van der Waals surface area contributed by atoms with Crippen LogP contribution in [0.1, 0.15) is 25.1 Å². The van der Waals surface area contributed by atoms with Crippen LogP contribution in [0.15, 0.2) is 39.8 Å². The molecule has 0 unspecified atom stereocenters. The van der Waals surface area contributed by atoms with Crippen LogP contribution in [-0.4, -0.2) is 33.7 Å². The summed E-state index contributed by atoms with van der Waals surface area (Å²) in [7, 11) is -1.22. The molecular weight excluding hydrogens is 470 g/mol. The summed E-state index contributed by atoms with van der Waals surface area (Å²) in [5, 5.41) is 6.70. The van der Waals surface area contributed by atoms with Gasteiger partial charge in [0.2, 0.25) is 11.8 Å². The Labute approximate surface area is 197 Å². The molecule has 3 rings (SSSR count). The van der Waals surface area contributed by atoms with Gasteiger partial charge in [0.1, 0.15) is 17.2 Å². The number of aryl methyl sites for hydroxylation is 2. The van der Waals surface area contributed by atoms with Crippen LogP contribution in [0.5, 0.6) is 11.5 Å². The number of anilines is 2. The first kappa shape index (κ1) is 24.4. The number of nitrogens with zero attached hydrogens (tertiary/aromatic N) is 1. The first-order chi connectivity index (χ1) is 15.6. The number of carbonyl (C=O) groups excluding carboxylic acids is 1. The standard InChI is InChI=1S/C22H24ClN3O6S/c1-6-17-20(22(32-25-17)24-13(3)27)14-8-7-12(2)19(9-14)33(28,29)26-21-16(23)10-15(30-4)11-18(21)31-5/h7-11,26H,6H2,1-5H3,(H,24,27). The average molecular weight is 494 g/mol. The lowest BCUT2D eigenvalue weighted by atomic mass is 10.0. The van der Waals surface area contributed by atoms with Crippen molar-refractivity contribution in [3.05, 3.63) is 46.6 Å². The predicted molar refractivity (Wildman–Crippen MR) is 126 cm³/mol. The molecule has 0 saturated heterocycles. The van der Waals surface area contributed by atoms with E-state index in [1.807, 2.05) is 6.92 Å². The van der Waals surface area contributed by atoms with Crippen LogP contribution in [0, 0.1) is 6.92 Å². The van der Waals surface area contributed by atoms with E-state index in [1.54, 1.807) is 19.1 Å². The van der Waals surface area contributed by atoms with Gasteiger partial charge in [-0.05, 0) is 30.5 Å². The average Bonchev–Trinajstić information content (AvgIpc) is 3.16. The molecule has 0 radical (unpaired) electrons. The number of nitrogens with one attached hydrogen (secondary N) is 2. The van der Waals surface area contributed by atoms with Crippen molar-refractivity contribution in [2.24, 2.45) is 0 Å². The van der Waals surface area contributed by atoms with Gasteiger partial charge in [-0.2, -0.15) is 0 Å². The van der Waals surface area contributed by atoms with Gasteiger partial charge in [-0.1, -0.05) is 35.8 Å². The number of hydrogen-bond donors (Lipinski definition) is 2. The summed E-state index contributed by atoms with van der Waals surface area (Å²) >= 11 is 6.30. The van der Waals surface area contributed by atoms with Crippen LogP contribution in [0.25, 0.3) is 11.1 Å². The van der Waals surface area contributed by atoms with Crippen molar-refractivity contribution >= 4 is 39.1 Å². The number of benzene rings is 2. The molecule has 2 N–H and O–H groups in total. The van der Waals surface area contributed by atoms with Crippen LogP contribution in [0.2, 0.25) is 5.02 Å². The van der Waals surface area contributed by atoms with Gasteiger partial charge < -0.3 is 14.0 Å². The van der Waals surface area contributed by atoms with E-state index in [9.17, 15) is 13.2 Å². The Kier molecular flexibility index (Phi) is 7.19. The van der Waals surface area contributed by atoms with Gasteiger partial charge in [0.25, 0.3) is 10.0 Å². The Hall–Kier alpha value is -3.24. The Balaban J connectivity index is 2.10. The first-order valence-electron chi connectivity index (χ1n) is 9.92. The van der Waals surface area contributed by atoms with Crippen molar-refractivity contribution in [3.63, 3.8) is 0 Å². The van der Waals surface area contributed by atoms with Crippen molar-refractivity contribution < 1.29 is 27.2 Å². The minimum absolute atomic E-state index is 0.0194. The first-order valence-corrected chi connectivity index (χ1v) is 11.8. The highest BCUT2D eigenvalue weighted by Gasteiger charge is 2.24. The van der Waals surface area contributed by atoms with Crippen LogP contribution >= 0.6 is 11.6 Å². The Morgan fingerprint density at radius 1 is 1.18 bits per heavy atom. The second-order valence-corrected chi connectivity index (χ2v) is 9.20. The highest BCUT2D eigenvalue weighted by Crippen LogP contribution is 2.39. The maximum Gasteiger partial charge on any atom is 0.262 e. The topological polar surface area (TPSA) is 120 Å². The van der Waals surface area contributed by atoms with E-state index in [0.717, 1.165) is 0 Å². The fourth-order valence-electron chi connectivity index (χ4n) is 3.28. The smallest absolute Gasteiger partial charge is 0.262 e. The fourth-order valence-corrected chi connectivity index (χ4v) is 4.94. The molecule has 176 valence electrons. The third-order valence-electron chi connectivity index (χ3n) is 4.87. The number of carbonyl (C=O) groups is 1. The van der Waals surface area contributed by atoms with Crippen molar-refractivity contribution in [1.29, 1.82) is 0 Å². The van der Waals surface area contributed by atoms with Crippen molar-refractivity contribution in [2.75, 3.05) is 24.3 Å². The summed E-state index contributed by atoms with van der Waals surface area (Å²) in [6, 6.07) is 7.92. The Bertz CT molecular complexity index is 1300. The van der Waals surface area contributed by atoms with Crippen LogP contribution < -0.4 is 19.5 Å². The molecule has 11 heteroatoms. The molecule has 0 aliphatic carbocycles. The van der Waals surface area contributed by atoms with Crippen molar-refractivity contribution in [2.45, 2.75) is 32.1 Å². The van der Waals surface area contributed by atoms with Gasteiger partial charge in [-0.15, -0.1) is 0 Å². The lowest BCUT2D eigenvalue weighted by Gasteiger charge is -2.16. The molecule has 0 fully saturated rings. The number of ether oxygens (including phenoxy) is 2.